The number of hydrogen-bond donors (Lipinski definition) is 2. The molecule has 1 heterocycles. The van der Waals surface area contributed by atoms with E-state index in [-0.39, 0.29) is 16.8 Å². The van der Waals surface area contributed by atoms with Crippen molar-refractivity contribution in [1.82, 2.24) is 0 Å². The van der Waals surface area contributed by atoms with Gasteiger partial charge in [-0.15, -0.1) is 0 Å². The van der Waals surface area contributed by atoms with Gasteiger partial charge in [-0.25, -0.2) is 0 Å². The van der Waals surface area contributed by atoms with Crippen LogP contribution in [0.25, 0.3) is 6.08 Å². The van der Waals surface area contributed by atoms with E-state index in [2.05, 4.69) is 4.99 Å². The molecule has 16 heavy (non-hydrogen) atoms. The average Bonchev–Trinajstić information content (AvgIpc) is 2.51. The van der Waals surface area contributed by atoms with Gasteiger partial charge in [0.2, 0.25) is 0 Å². The largest absolute Gasteiger partial charge is 0.507 e. The molecule has 6 heteroatoms. The van der Waals surface area contributed by atoms with Crippen molar-refractivity contribution in [3.8, 4) is 5.75 Å². The second kappa shape index (κ2) is 4.46. The van der Waals surface area contributed by atoms with E-state index in [0.29, 0.717) is 4.91 Å². The predicted octanol–water partition coefficient (Wildman–Crippen LogP) is 1.93. The van der Waals surface area contributed by atoms with Gasteiger partial charge < -0.3 is 10.8 Å². The average molecular weight is 346 g/mol. The van der Waals surface area contributed by atoms with Gasteiger partial charge in [0.1, 0.15) is 5.75 Å². The molecule has 2 rings (SSSR count). The maximum atomic E-state index is 11.3. The number of rotatable bonds is 1. The van der Waals surface area contributed by atoms with Crippen molar-refractivity contribution in [2.45, 2.75) is 0 Å². The van der Waals surface area contributed by atoms with E-state index >= 15 is 0 Å². The van der Waals surface area contributed by atoms with Crippen LogP contribution >= 0.6 is 34.4 Å². The Morgan fingerprint density at radius 2 is 2.25 bits per heavy atom. The topological polar surface area (TPSA) is 75.7 Å². The van der Waals surface area contributed by atoms with Crippen LogP contribution in [0.3, 0.4) is 0 Å². The molecule has 1 aromatic rings. The van der Waals surface area contributed by atoms with Crippen molar-refractivity contribution in [2.24, 2.45) is 10.7 Å². The number of hydrogen-bond acceptors (Lipinski definition) is 4. The number of aliphatic imine (C=N–C) groups is 1. The monoisotopic (exact) mass is 346 g/mol. The smallest absolute Gasteiger partial charge is 0.286 e. The Morgan fingerprint density at radius 1 is 1.50 bits per heavy atom. The number of halogens is 1. The summed E-state index contributed by atoms with van der Waals surface area (Å²) in [6.45, 7) is 0. The first-order valence-corrected chi connectivity index (χ1v) is 6.22. The van der Waals surface area contributed by atoms with E-state index in [4.69, 9.17) is 5.73 Å². The van der Waals surface area contributed by atoms with Crippen LogP contribution in [0.1, 0.15) is 5.56 Å². The van der Waals surface area contributed by atoms with Crippen LogP contribution in [0.4, 0.5) is 0 Å². The van der Waals surface area contributed by atoms with Gasteiger partial charge in [0.15, 0.2) is 5.17 Å². The molecule has 1 amide bonds. The molecule has 0 aromatic heterocycles. The molecule has 0 aliphatic carbocycles. The zero-order chi connectivity index (χ0) is 11.7. The summed E-state index contributed by atoms with van der Waals surface area (Å²) in [6.07, 6.45) is 1.71. The van der Waals surface area contributed by atoms with E-state index in [9.17, 15) is 9.90 Å². The first-order chi connectivity index (χ1) is 7.56. The summed E-state index contributed by atoms with van der Waals surface area (Å²) < 4.78 is 0.733. The molecule has 0 fully saturated rings. The van der Waals surface area contributed by atoms with Gasteiger partial charge >= 0.3 is 0 Å². The van der Waals surface area contributed by atoms with E-state index in [0.717, 1.165) is 20.9 Å². The summed E-state index contributed by atoms with van der Waals surface area (Å²) in [7, 11) is 0. The molecule has 0 bridgehead atoms. The summed E-state index contributed by atoms with van der Waals surface area (Å²) >= 11 is 3.17. The summed E-state index contributed by atoms with van der Waals surface area (Å²) in [5, 5.41) is 9.62. The minimum atomic E-state index is -0.314. The van der Waals surface area contributed by atoms with Gasteiger partial charge in [-0.2, -0.15) is 4.99 Å². The number of phenols is 1. The predicted molar refractivity (Wildman–Crippen MR) is 73.0 cm³/mol. The van der Waals surface area contributed by atoms with Gasteiger partial charge in [0.25, 0.3) is 5.91 Å². The van der Waals surface area contributed by atoms with Crippen molar-refractivity contribution in [3.05, 3.63) is 32.2 Å². The molecule has 0 radical (unpaired) electrons. The van der Waals surface area contributed by atoms with Crippen LogP contribution in [0.2, 0.25) is 0 Å². The number of amides is 1. The minimum absolute atomic E-state index is 0.226. The highest BCUT2D eigenvalue weighted by Gasteiger charge is 2.19. The number of nitrogens with zero attached hydrogens (tertiary/aromatic N) is 1. The maximum Gasteiger partial charge on any atom is 0.286 e. The fourth-order valence-corrected chi connectivity index (χ4v) is 2.41. The lowest BCUT2D eigenvalue weighted by atomic mass is 10.2. The normalized spacial score (nSPS) is 17.9. The highest BCUT2D eigenvalue weighted by Crippen LogP contribution is 2.28. The summed E-state index contributed by atoms with van der Waals surface area (Å²) in [5.41, 5.74) is 6.27. The van der Waals surface area contributed by atoms with Gasteiger partial charge in [-0.3, -0.25) is 4.79 Å². The zero-order valence-electron chi connectivity index (χ0n) is 7.98. The summed E-state index contributed by atoms with van der Waals surface area (Å²) in [6, 6.07) is 5.10. The Balaban J connectivity index is 2.31. The highest BCUT2D eigenvalue weighted by molar-refractivity contribution is 14.1. The number of phenolic OH excluding ortho intramolecular Hbond substituents is 1. The minimum Gasteiger partial charge on any atom is -0.507 e. The molecule has 0 spiro atoms. The molecule has 1 aliphatic rings. The standard InChI is InChI=1S/C10H7IN2O2S/c11-6-3-5(1-2-7(6)14)4-8-9(15)13-10(12)16-8/h1-4,14H,(H2,12,13,15)/b8-4+. The second-order valence-electron chi connectivity index (χ2n) is 3.08. The van der Waals surface area contributed by atoms with Gasteiger partial charge in [-0.05, 0) is 58.1 Å². The quantitative estimate of drug-likeness (QED) is 0.602. The molecule has 82 valence electrons. The molecule has 0 atom stereocenters. The fraction of sp³-hybridized carbons (Fsp3) is 0. The van der Waals surface area contributed by atoms with E-state index < -0.39 is 0 Å². The Kier molecular flexibility index (Phi) is 3.20. The molecule has 0 saturated heterocycles. The van der Waals surface area contributed by atoms with Crippen molar-refractivity contribution in [2.75, 3.05) is 0 Å². The third-order valence-electron chi connectivity index (χ3n) is 1.91. The first kappa shape index (κ1) is 11.5. The number of benzene rings is 1. The van der Waals surface area contributed by atoms with Gasteiger partial charge in [0.05, 0.1) is 8.48 Å². The molecule has 0 unspecified atom stereocenters. The summed E-state index contributed by atoms with van der Waals surface area (Å²) in [4.78, 5) is 15.4. The van der Waals surface area contributed by atoms with Crippen LogP contribution in [0.15, 0.2) is 28.1 Å². The fourth-order valence-electron chi connectivity index (χ4n) is 1.19. The number of thioether (sulfide) groups is 1. The van der Waals surface area contributed by atoms with Crippen LogP contribution in [0.5, 0.6) is 5.75 Å². The lowest BCUT2D eigenvalue weighted by Crippen LogP contribution is -2.01. The number of carbonyl (C=O) groups excluding carboxylic acids is 1. The Labute approximate surface area is 110 Å². The zero-order valence-corrected chi connectivity index (χ0v) is 10.9. The van der Waals surface area contributed by atoms with Crippen molar-refractivity contribution < 1.29 is 9.90 Å². The molecular formula is C10H7IN2O2S. The number of carbonyl (C=O) groups is 1. The van der Waals surface area contributed by atoms with E-state index in [1.165, 1.54) is 0 Å². The van der Waals surface area contributed by atoms with Crippen LogP contribution in [-0.2, 0) is 4.79 Å². The van der Waals surface area contributed by atoms with E-state index in [1.807, 2.05) is 22.6 Å². The van der Waals surface area contributed by atoms with Crippen LogP contribution in [-0.4, -0.2) is 16.2 Å². The molecule has 0 saturated carbocycles. The first-order valence-electron chi connectivity index (χ1n) is 4.33. The third kappa shape index (κ3) is 2.38. The SMILES string of the molecule is NC1=NC(=O)/C(=C\c2ccc(O)c(I)c2)S1. The van der Waals surface area contributed by atoms with Crippen LogP contribution < -0.4 is 5.73 Å². The second-order valence-corrected chi connectivity index (χ2v) is 5.30. The summed E-state index contributed by atoms with van der Waals surface area (Å²) in [5.74, 6) is -0.0884. The van der Waals surface area contributed by atoms with Crippen molar-refractivity contribution in [3.63, 3.8) is 0 Å². The number of aromatic hydroxyl groups is 1. The number of nitrogens with two attached hydrogens (primary N) is 1. The lowest BCUT2D eigenvalue weighted by Gasteiger charge is -1.99. The Bertz CT molecular complexity index is 526. The van der Waals surface area contributed by atoms with Crippen LogP contribution in [0, 0.1) is 3.57 Å². The van der Waals surface area contributed by atoms with Gasteiger partial charge in [-0.1, -0.05) is 6.07 Å². The molecule has 3 N–H and O–H groups in total. The Hall–Kier alpha value is -1.02. The van der Waals surface area contributed by atoms with E-state index in [1.54, 1.807) is 24.3 Å². The molecular weight excluding hydrogens is 339 g/mol. The highest BCUT2D eigenvalue weighted by atomic mass is 127. The van der Waals surface area contributed by atoms with Crippen molar-refractivity contribution >= 4 is 51.5 Å². The van der Waals surface area contributed by atoms with Gasteiger partial charge in [0, 0.05) is 0 Å². The maximum absolute atomic E-state index is 11.3. The third-order valence-corrected chi connectivity index (χ3v) is 3.58. The van der Waals surface area contributed by atoms with Crippen molar-refractivity contribution in [1.29, 1.82) is 0 Å². The Morgan fingerprint density at radius 3 is 2.81 bits per heavy atom. The molecule has 4 nitrogen and oxygen atoms in total. The number of amidine groups is 1. The lowest BCUT2D eigenvalue weighted by molar-refractivity contribution is -0.113. The molecule has 1 aliphatic heterocycles. The molecule has 1 aromatic carbocycles.